The molecule has 84 valence electrons. The van der Waals surface area contributed by atoms with E-state index in [1.807, 2.05) is 6.92 Å². The van der Waals surface area contributed by atoms with Gasteiger partial charge in [-0.15, -0.1) is 0 Å². The Morgan fingerprint density at radius 1 is 1.00 bits per heavy atom. The smallest absolute Gasteiger partial charge is 0.175 e. The average molecular weight is 216 g/mol. The van der Waals surface area contributed by atoms with Gasteiger partial charge in [0.1, 0.15) is 5.76 Å². The molecule has 0 unspecified atom stereocenters. The van der Waals surface area contributed by atoms with E-state index in [-0.39, 0.29) is 0 Å². The van der Waals surface area contributed by atoms with Crippen LogP contribution in [0.15, 0.2) is 16.7 Å². The molecule has 0 amide bonds. The van der Waals surface area contributed by atoms with Crippen molar-refractivity contribution < 1.29 is 4.52 Å². The Bertz CT molecular complexity index is 498. The van der Waals surface area contributed by atoms with Crippen molar-refractivity contribution >= 4 is 5.82 Å². The summed E-state index contributed by atoms with van der Waals surface area (Å²) in [6.07, 6.45) is 0. The number of benzene rings is 1. The van der Waals surface area contributed by atoms with Gasteiger partial charge in [0.15, 0.2) is 5.82 Å². The first-order valence-electron chi connectivity index (χ1n) is 5.30. The van der Waals surface area contributed by atoms with Crippen molar-refractivity contribution in [2.75, 3.05) is 5.73 Å². The van der Waals surface area contributed by atoms with Gasteiger partial charge in [0.05, 0.1) is 5.56 Å². The Labute approximate surface area is 95.3 Å². The normalized spacial score (nSPS) is 10.8. The molecule has 0 aliphatic rings. The summed E-state index contributed by atoms with van der Waals surface area (Å²) in [4.78, 5) is 0. The predicted molar refractivity (Wildman–Crippen MR) is 65.3 cm³/mol. The highest BCUT2D eigenvalue weighted by molar-refractivity contribution is 5.80. The second kappa shape index (κ2) is 3.67. The molecule has 16 heavy (non-hydrogen) atoms. The number of anilines is 1. The van der Waals surface area contributed by atoms with E-state index in [1.165, 1.54) is 16.7 Å². The molecule has 0 saturated carbocycles. The van der Waals surface area contributed by atoms with Crippen LogP contribution < -0.4 is 5.73 Å². The second-order valence-electron chi connectivity index (χ2n) is 4.27. The van der Waals surface area contributed by atoms with Gasteiger partial charge in [-0.05, 0) is 44.4 Å². The summed E-state index contributed by atoms with van der Waals surface area (Å²) in [5, 5.41) is 3.80. The summed E-state index contributed by atoms with van der Waals surface area (Å²) < 4.78 is 5.11. The van der Waals surface area contributed by atoms with Crippen LogP contribution in [0.2, 0.25) is 0 Å². The molecule has 1 aromatic heterocycles. The standard InChI is InChI=1S/C13H16N2O/c1-7-5-8(2)11(9(3)6-7)12-10(4)16-15-13(12)14/h5-6H,1-4H3,(H2,14,15). The summed E-state index contributed by atoms with van der Waals surface area (Å²) in [5.41, 5.74) is 11.6. The van der Waals surface area contributed by atoms with E-state index >= 15 is 0 Å². The van der Waals surface area contributed by atoms with Gasteiger partial charge in [0, 0.05) is 0 Å². The van der Waals surface area contributed by atoms with Crippen LogP contribution in [0.4, 0.5) is 5.82 Å². The summed E-state index contributed by atoms with van der Waals surface area (Å²) in [6, 6.07) is 4.29. The Morgan fingerprint density at radius 3 is 2.00 bits per heavy atom. The van der Waals surface area contributed by atoms with E-state index in [9.17, 15) is 0 Å². The molecule has 1 aromatic carbocycles. The lowest BCUT2D eigenvalue weighted by atomic mass is 9.94. The number of aryl methyl sites for hydroxylation is 4. The van der Waals surface area contributed by atoms with Crippen LogP contribution in [-0.4, -0.2) is 5.16 Å². The van der Waals surface area contributed by atoms with Gasteiger partial charge in [-0.2, -0.15) is 0 Å². The molecule has 2 rings (SSSR count). The fourth-order valence-electron chi connectivity index (χ4n) is 2.27. The Balaban J connectivity index is 2.74. The van der Waals surface area contributed by atoms with E-state index in [2.05, 4.69) is 38.1 Å². The molecule has 2 N–H and O–H groups in total. The molecule has 0 radical (unpaired) electrons. The van der Waals surface area contributed by atoms with Gasteiger partial charge in [-0.1, -0.05) is 22.9 Å². The monoisotopic (exact) mass is 216 g/mol. The first-order valence-corrected chi connectivity index (χ1v) is 5.30. The molecule has 2 aromatic rings. The van der Waals surface area contributed by atoms with Gasteiger partial charge >= 0.3 is 0 Å². The van der Waals surface area contributed by atoms with Gasteiger partial charge < -0.3 is 10.3 Å². The van der Waals surface area contributed by atoms with Crippen LogP contribution in [0.25, 0.3) is 11.1 Å². The fraction of sp³-hybridized carbons (Fsp3) is 0.308. The molecule has 0 bridgehead atoms. The van der Waals surface area contributed by atoms with Gasteiger partial charge in [-0.3, -0.25) is 0 Å². The Hall–Kier alpha value is -1.77. The van der Waals surface area contributed by atoms with Crippen molar-refractivity contribution in [1.82, 2.24) is 5.16 Å². The summed E-state index contributed by atoms with van der Waals surface area (Å²) in [7, 11) is 0. The minimum Gasteiger partial charge on any atom is -0.380 e. The van der Waals surface area contributed by atoms with E-state index < -0.39 is 0 Å². The highest BCUT2D eigenvalue weighted by atomic mass is 16.5. The molecular weight excluding hydrogens is 200 g/mol. The van der Waals surface area contributed by atoms with Crippen LogP contribution in [0.5, 0.6) is 0 Å². The summed E-state index contributed by atoms with van der Waals surface area (Å²) >= 11 is 0. The first kappa shape index (κ1) is 10.7. The summed E-state index contributed by atoms with van der Waals surface area (Å²) in [5.74, 6) is 1.24. The third kappa shape index (κ3) is 1.58. The number of rotatable bonds is 1. The van der Waals surface area contributed by atoms with Crippen molar-refractivity contribution in [2.24, 2.45) is 0 Å². The van der Waals surface area contributed by atoms with Crippen molar-refractivity contribution in [3.8, 4) is 11.1 Å². The lowest BCUT2D eigenvalue weighted by Gasteiger charge is -2.10. The van der Waals surface area contributed by atoms with Crippen molar-refractivity contribution in [3.05, 3.63) is 34.6 Å². The largest absolute Gasteiger partial charge is 0.380 e. The first-order chi connectivity index (χ1) is 7.50. The van der Waals surface area contributed by atoms with Crippen LogP contribution >= 0.6 is 0 Å². The van der Waals surface area contributed by atoms with Crippen LogP contribution in [0, 0.1) is 27.7 Å². The maximum Gasteiger partial charge on any atom is 0.175 e. The topological polar surface area (TPSA) is 52.0 Å². The molecular formula is C13H16N2O. The van der Waals surface area contributed by atoms with E-state index in [0.29, 0.717) is 5.82 Å². The fourth-order valence-corrected chi connectivity index (χ4v) is 2.27. The molecule has 0 spiro atoms. The van der Waals surface area contributed by atoms with Gasteiger partial charge in [-0.25, -0.2) is 0 Å². The molecule has 0 aliphatic heterocycles. The third-order valence-corrected chi connectivity index (χ3v) is 2.82. The number of nitrogens with two attached hydrogens (primary N) is 1. The number of aromatic nitrogens is 1. The highest BCUT2D eigenvalue weighted by Crippen LogP contribution is 2.34. The van der Waals surface area contributed by atoms with Crippen LogP contribution in [0.3, 0.4) is 0 Å². The SMILES string of the molecule is Cc1cc(C)c(-c2c(N)noc2C)c(C)c1. The molecule has 0 saturated heterocycles. The Kier molecular flexibility index (Phi) is 2.46. The molecule has 0 atom stereocenters. The number of nitrogens with zero attached hydrogens (tertiary/aromatic N) is 1. The maximum absolute atomic E-state index is 5.84. The van der Waals surface area contributed by atoms with Crippen molar-refractivity contribution in [1.29, 1.82) is 0 Å². The lowest BCUT2D eigenvalue weighted by Crippen LogP contribution is -1.94. The average Bonchev–Trinajstić information content (AvgIpc) is 2.47. The molecule has 3 heteroatoms. The van der Waals surface area contributed by atoms with E-state index in [4.69, 9.17) is 10.3 Å². The molecule has 3 nitrogen and oxygen atoms in total. The Morgan fingerprint density at radius 2 is 1.56 bits per heavy atom. The lowest BCUT2D eigenvalue weighted by molar-refractivity contribution is 0.401. The van der Waals surface area contributed by atoms with Gasteiger partial charge in [0.25, 0.3) is 0 Å². The zero-order valence-electron chi connectivity index (χ0n) is 10.1. The maximum atomic E-state index is 5.84. The molecule has 0 aliphatic carbocycles. The third-order valence-electron chi connectivity index (χ3n) is 2.82. The van der Waals surface area contributed by atoms with E-state index in [0.717, 1.165) is 16.9 Å². The van der Waals surface area contributed by atoms with Gasteiger partial charge in [0.2, 0.25) is 0 Å². The number of nitrogen functional groups attached to an aromatic ring is 1. The number of hydrogen-bond acceptors (Lipinski definition) is 3. The van der Waals surface area contributed by atoms with Crippen LogP contribution in [0.1, 0.15) is 22.5 Å². The zero-order valence-corrected chi connectivity index (χ0v) is 10.1. The summed E-state index contributed by atoms with van der Waals surface area (Å²) in [6.45, 7) is 8.15. The molecule has 0 fully saturated rings. The zero-order chi connectivity index (χ0) is 11.9. The number of hydrogen-bond donors (Lipinski definition) is 1. The predicted octanol–water partition coefficient (Wildman–Crippen LogP) is 3.16. The highest BCUT2D eigenvalue weighted by Gasteiger charge is 2.16. The quantitative estimate of drug-likeness (QED) is 0.796. The van der Waals surface area contributed by atoms with Crippen molar-refractivity contribution in [2.45, 2.75) is 27.7 Å². The minimum atomic E-state index is 0.465. The van der Waals surface area contributed by atoms with E-state index in [1.54, 1.807) is 0 Å². The minimum absolute atomic E-state index is 0.465. The van der Waals surface area contributed by atoms with Crippen LogP contribution in [-0.2, 0) is 0 Å². The molecule has 1 heterocycles. The van der Waals surface area contributed by atoms with Crippen molar-refractivity contribution in [3.63, 3.8) is 0 Å². The second-order valence-corrected chi connectivity index (χ2v) is 4.27.